The van der Waals surface area contributed by atoms with Crippen LogP contribution in [0.25, 0.3) is 0 Å². The number of nitrogens with zero attached hydrogens (tertiary/aromatic N) is 2. The van der Waals surface area contributed by atoms with Crippen molar-refractivity contribution in [2.45, 2.75) is 32.0 Å². The molecule has 3 N–H and O–H groups in total. The number of aryl methyl sites for hydroxylation is 2. The largest absolute Gasteiger partial charge is 0.405 e. The van der Waals surface area contributed by atoms with E-state index in [0.29, 0.717) is 17.8 Å². The van der Waals surface area contributed by atoms with Crippen LogP contribution in [0.1, 0.15) is 18.3 Å². The van der Waals surface area contributed by atoms with E-state index in [1.165, 1.54) is 4.68 Å². The highest BCUT2D eigenvalue weighted by Crippen LogP contribution is 2.27. The maximum atomic E-state index is 12.5. The molecule has 4 nitrogen and oxygen atoms in total. The number of halogens is 4. The molecule has 1 unspecified atom stereocenters. The molecule has 0 fully saturated rings. The van der Waals surface area contributed by atoms with Gasteiger partial charge in [-0.3, -0.25) is 10.5 Å². The molecule has 1 atom stereocenters. The van der Waals surface area contributed by atoms with Crippen molar-refractivity contribution < 1.29 is 13.2 Å². The van der Waals surface area contributed by atoms with Crippen LogP contribution in [0.3, 0.4) is 0 Å². The van der Waals surface area contributed by atoms with Crippen molar-refractivity contribution in [1.82, 2.24) is 15.2 Å². The van der Waals surface area contributed by atoms with E-state index >= 15 is 0 Å². The Balaban J connectivity index is 2.98. The molecule has 0 saturated heterocycles. The van der Waals surface area contributed by atoms with E-state index in [1.807, 2.05) is 6.92 Å². The van der Waals surface area contributed by atoms with Gasteiger partial charge < -0.3 is 0 Å². The van der Waals surface area contributed by atoms with Gasteiger partial charge in [-0.15, -0.1) is 0 Å². The fraction of sp³-hybridized carbons (Fsp3) is 0.667. The van der Waals surface area contributed by atoms with Crippen LogP contribution in [0.5, 0.6) is 0 Å². The van der Waals surface area contributed by atoms with Crippen LogP contribution in [0.15, 0.2) is 0 Å². The average Bonchev–Trinajstić information content (AvgIpc) is 2.49. The third-order valence-electron chi connectivity index (χ3n) is 2.50. The summed E-state index contributed by atoms with van der Waals surface area (Å²) in [5.74, 6) is 4.90. The number of hydrogen-bond donors (Lipinski definition) is 2. The second-order valence-corrected chi connectivity index (χ2v) is 4.03. The van der Waals surface area contributed by atoms with E-state index in [4.69, 9.17) is 17.4 Å². The number of nitrogens with one attached hydrogen (secondary N) is 1. The molecule has 0 aliphatic rings. The molecule has 17 heavy (non-hydrogen) atoms. The van der Waals surface area contributed by atoms with Crippen molar-refractivity contribution in [3.8, 4) is 0 Å². The van der Waals surface area contributed by atoms with Crippen LogP contribution in [-0.4, -0.2) is 22.0 Å². The molecule has 1 aromatic rings. The summed E-state index contributed by atoms with van der Waals surface area (Å²) < 4.78 is 39.0. The zero-order chi connectivity index (χ0) is 13.2. The molecule has 0 bridgehead atoms. The summed E-state index contributed by atoms with van der Waals surface area (Å²) in [5.41, 5.74) is 2.66. The van der Waals surface area contributed by atoms with Crippen LogP contribution < -0.4 is 11.3 Å². The zero-order valence-electron chi connectivity index (χ0n) is 9.48. The Morgan fingerprint density at radius 3 is 2.47 bits per heavy atom. The van der Waals surface area contributed by atoms with E-state index < -0.39 is 12.2 Å². The predicted octanol–water partition coefficient (Wildman–Crippen LogP) is 1.57. The Hall–Kier alpha value is -0.790. The van der Waals surface area contributed by atoms with E-state index in [1.54, 1.807) is 12.5 Å². The molecular weight excluding hydrogens is 257 g/mol. The molecule has 0 aliphatic heterocycles. The quantitative estimate of drug-likeness (QED) is 0.645. The standard InChI is InChI=1S/C9H14ClF3N4/c1-3-5-8(10)6(17(2)16-5)4-7(15-14)9(11,12)13/h7,15H,3-4,14H2,1-2H3. The summed E-state index contributed by atoms with van der Waals surface area (Å²) in [6.45, 7) is 1.83. The molecule has 8 heteroatoms. The lowest BCUT2D eigenvalue weighted by molar-refractivity contribution is -0.155. The van der Waals surface area contributed by atoms with Crippen molar-refractivity contribution in [3.05, 3.63) is 16.4 Å². The van der Waals surface area contributed by atoms with Crippen molar-refractivity contribution >= 4 is 11.6 Å². The van der Waals surface area contributed by atoms with Gasteiger partial charge in [0, 0.05) is 13.5 Å². The summed E-state index contributed by atoms with van der Waals surface area (Å²) in [6.07, 6.45) is -4.20. The van der Waals surface area contributed by atoms with E-state index in [2.05, 4.69) is 5.10 Å². The zero-order valence-corrected chi connectivity index (χ0v) is 10.2. The lowest BCUT2D eigenvalue weighted by Crippen LogP contribution is -2.47. The van der Waals surface area contributed by atoms with Crippen molar-refractivity contribution in [1.29, 1.82) is 0 Å². The van der Waals surface area contributed by atoms with E-state index in [0.717, 1.165) is 0 Å². The summed E-state index contributed by atoms with van der Waals surface area (Å²) >= 11 is 5.96. The summed E-state index contributed by atoms with van der Waals surface area (Å²) in [5, 5.41) is 4.32. The first-order valence-electron chi connectivity index (χ1n) is 5.04. The van der Waals surface area contributed by atoms with Crippen LogP contribution in [0.2, 0.25) is 5.02 Å². The first-order valence-corrected chi connectivity index (χ1v) is 5.42. The Kier molecular flexibility index (Phi) is 4.40. The van der Waals surface area contributed by atoms with Gasteiger partial charge in [-0.25, -0.2) is 5.43 Å². The Labute approximate surface area is 102 Å². The fourth-order valence-electron chi connectivity index (χ4n) is 1.50. The lowest BCUT2D eigenvalue weighted by Gasteiger charge is -2.19. The van der Waals surface area contributed by atoms with Crippen LogP contribution in [0.4, 0.5) is 13.2 Å². The van der Waals surface area contributed by atoms with Gasteiger partial charge in [0.1, 0.15) is 6.04 Å². The highest BCUT2D eigenvalue weighted by Gasteiger charge is 2.40. The summed E-state index contributed by atoms with van der Waals surface area (Å²) in [7, 11) is 1.56. The minimum atomic E-state index is -4.42. The van der Waals surface area contributed by atoms with Gasteiger partial charge in [-0.05, 0) is 6.42 Å². The van der Waals surface area contributed by atoms with Crippen molar-refractivity contribution in [2.75, 3.05) is 0 Å². The number of aromatic nitrogens is 2. The number of hydrogen-bond acceptors (Lipinski definition) is 3. The van der Waals surface area contributed by atoms with Gasteiger partial charge in [-0.1, -0.05) is 18.5 Å². The Morgan fingerprint density at radius 1 is 1.53 bits per heavy atom. The summed E-state index contributed by atoms with van der Waals surface area (Å²) in [4.78, 5) is 0. The maximum absolute atomic E-state index is 12.5. The van der Waals surface area contributed by atoms with Gasteiger partial charge in [0.05, 0.1) is 16.4 Å². The van der Waals surface area contributed by atoms with Crippen LogP contribution in [-0.2, 0) is 19.9 Å². The molecule has 98 valence electrons. The molecule has 0 saturated carbocycles. The van der Waals surface area contributed by atoms with Crippen LogP contribution in [0, 0.1) is 0 Å². The van der Waals surface area contributed by atoms with Gasteiger partial charge in [0.25, 0.3) is 0 Å². The Morgan fingerprint density at radius 2 is 2.12 bits per heavy atom. The van der Waals surface area contributed by atoms with Gasteiger partial charge in [-0.2, -0.15) is 18.3 Å². The molecule has 1 aromatic heterocycles. The number of alkyl halides is 3. The first kappa shape index (κ1) is 14.3. The normalized spacial score (nSPS) is 14.1. The molecule has 0 aromatic carbocycles. The highest BCUT2D eigenvalue weighted by atomic mass is 35.5. The third-order valence-corrected chi connectivity index (χ3v) is 2.93. The smallest absolute Gasteiger partial charge is 0.271 e. The average molecular weight is 271 g/mol. The number of hydrazine groups is 1. The molecule has 0 aliphatic carbocycles. The third kappa shape index (κ3) is 3.11. The SMILES string of the molecule is CCc1nn(C)c(CC(NN)C(F)(F)F)c1Cl. The molecule has 0 spiro atoms. The monoisotopic (exact) mass is 270 g/mol. The molecule has 0 radical (unpaired) electrons. The second kappa shape index (κ2) is 5.24. The highest BCUT2D eigenvalue weighted by molar-refractivity contribution is 6.31. The minimum absolute atomic E-state index is 0.277. The molecule has 1 rings (SSSR count). The summed E-state index contributed by atoms with van der Waals surface area (Å²) in [6, 6.07) is -1.83. The lowest BCUT2D eigenvalue weighted by atomic mass is 10.1. The number of nitrogens with two attached hydrogens (primary N) is 1. The predicted molar refractivity (Wildman–Crippen MR) is 58.5 cm³/mol. The fourth-order valence-corrected chi connectivity index (χ4v) is 1.87. The van der Waals surface area contributed by atoms with Crippen molar-refractivity contribution in [2.24, 2.45) is 12.9 Å². The van der Waals surface area contributed by atoms with Gasteiger partial charge >= 0.3 is 6.18 Å². The second-order valence-electron chi connectivity index (χ2n) is 3.65. The van der Waals surface area contributed by atoms with E-state index in [-0.39, 0.29) is 11.4 Å². The van der Waals surface area contributed by atoms with Crippen LogP contribution >= 0.6 is 11.6 Å². The van der Waals surface area contributed by atoms with E-state index in [9.17, 15) is 13.2 Å². The molecule has 1 heterocycles. The Bertz CT molecular complexity index is 388. The topological polar surface area (TPSA) is 55.9 Å². The first-order chi connectivity index (χ1) is 7.81. The molecular formula is C9H14ClF3N4. The van der Waals surface area contributed by atoms with Gasteiger partial charge in [0.2, 0.25) is 0 Å². The maximum Gasteiger partial charge on any atom is 0.405 e. The van der Waals surface area contributed by atoms with Gasteiger partial charge in [0.15, 0.2) is 0 Å². The van der Waals surface area contributed by atoms with Crippen molar-refractivity contribution in [3.63, 3.8) is 0 Å². The minimum Gasteiger partial charge on any atom is -0.271 e. The number of rotatable bonds is 4. The molecule has 0 amide bonds.